The first-order valence-corrected chi connectivity index (χ1v) is 8.27. The van der Waals surface area contributed by atoms with Crippen molar-refractivity contribution in [1.82, 2.24) is 0 Å². The summed E-state index contributed by atoms with van der Waals surface area (Å²) in [6.07, 6.45) is 0. The monoisotopic (exact) mass is 330 g/mol. The molecule has 3 nitrogen and oxygen atoms in total. The van der Waals surface area contributed by atoms with E-state index in [0.29, 0.717) is 16.2 Å². The van der Waals surface area contributed by atoms with Crippen LogP contribution in [0.3, 0.4) is 0 Å². The van der Waals surface area contributed by atoms with Crippen LogP contribution < -0.4 is 5.73 Å². The van der Waals surface area contributed by atoms with Crippen LogP contribution in [-0.2, 0) is 0 Å². The van der Waals surface area contributed by atoms with E-state index in [1.165, 1.54) is 47.4 Å². The average Bonchev–Trinajstić information content (AvgIpc) is 3.14. The lowest BCUT2D eigenvalue weighted by molar-refractivity contribution is 0.0986. The van der Waals surface area contributed by atoms with E-state index >= 15 is 0 Å². The number of nitriles is 1. The third-order valence-electron chi connectivity index (χ3n) is 3.49. The molecule has 2 N–H and O–H groups in total. The second-order valence-electron chi connectivity index (χ2n) is 4.79. The highest BCUT2D eigenvalue weighted by atomic mass is 32.2. The highest BCUT2D eigenvalue weighted by Gasteiger charge is 2.41. The molecule has 0 spiro atoms. The molecule has 0 saturated carbocycles. The summed E-state index contributed by atoms with van der Waals surface area (Å²) < 4.78 is 13.0. The van der Waals surface area contributed by atoms with E-state index in [-0.39, 0.29) is 17.5 Å². The van der Waals surface area contributed by atoms with Crippen molar-refractivity contribution >= 4 is 28.9 Å². The van der Waals surface area contributed by atoms with Gasteiger partial charge in [-0.2, -0.15) is 5.26 Å². The van der Waals surface area contributed by atoms with Crippen LogP contribution in [0.5, 0.6) is 0 Å². The van der Waals surface area contributed by atoms with Gasteiger partial charge in [-0.25, -0.2) is 4.39 Å². The van der Waals surface area contributed by atoms with Gasteiger partial charge in [-0.1, -0.05) is 17.8 Å². The molecular formula is C16H11FN2OS2. The zero-order valence-corrected chi connectivity index (χ0v) is 13.0. The number of benzene rings is 1. The molecule has 1 aliphatic heterocycles. The maximum Gasteiger partial charge on any atom is 0.177 e. The van der Waals surface area contributed by atoms with Crippen molar-refractivity contribution in [2.75, 3.05) is 0 Å². The molecule has 6 heteroatoms. The molecule has 22 heavy (non-hydrogen) atoms. The summed E-state index contributed by atoms with van der Waals surface area (Å²) in [5.74, 6) is -0.870. The first-order valence-electron chi connectivity index (χ1n) is 6.51. The topological polar surface area (TPSA) is 66.9 Å². The van der Waals surface area contributed by atoms with Crippen molar-refractivity contribution in [2.24, 2.45) is 5.73 Å². The van der Waals surface area contributed by atoms with Gasteiger partial charge >= 0.3 is 0 Å². The highest BCUT2D eigenvalue weighted by molar-refractivity contribution is 8.04. The molecule has 0 aliphatic carbocycles. The van der Waals surface area contributed by atoms with Crippen molar-refractivity contribution < 1.29 is 9.18 Å². The van der Waals surface area contributed by atoms with Gasteiger partial charge in [0.2, 0.25) is 0 Å². The third-order valence-corrected chi connectivity index (χ3v) is 5.66. The second-order valence-corrected chi connectivity index (χ2v) is 6.96. The Balaban J connectivity index is 1.98. The number of halogens is 1. The lowest BCUT2D eigenvalue weighted by Gasteiger charge is -2.17. The molecule has 0 radical (unpaired) electrons. The van der Waals surface area contributed by atoms with E-state index in [0.717, 1.165) is 4.88 Å². The van der Waals surface area contributed by atoms with E-state index in [4.69, 9.17) is 5.73 Å². The van der Waals surface area contributed by atoms with Crippen LogP contribution in [0.1, 0.15) is 21.2 Å². The number of carbonyl (C=O) groups is 1. The SMILES string of the molecule is N#CC1=C(N)S[C@@H](C(=O)c2ccc(F)cc2)[C@@H]1c1cccs1. The zero-order chi connectivity index (χ0) is 15.7. The quantitative estimate of drug-likeness (QED) is 0.872. The van der Waals surface area contributed by atoms with Crippen molar-refractivity contribution in [3.05, 3.63) is 68.6 Å². The number of rotatable bonds is 3. The Bertz CT molecular complexity index is 775. The largest absolute Gasteiger partial charge is 0.393 e. The normalized spacial score (nSPS) is 20.9. The molecule has 0 unspecified atom stereocenters. The van der Waals surface area contributed by atoms with Crippen molar-refractivity contribution in [1.29, 1.82) is 5.26 Å². The van der Waals surface area contributed by atoms with Gasteiger partial charge in [-0.05, 0) is 35.7 Å². The lowest BCUT2D eigenvalue weighted by Crippen LogP contribution is -2.22. The fourth-order valence-corrected chi connectivity index (χ4v) is 4.63. The third kappa shape index (κ3) is 2.54. The summed E-state index contributed by atoms with van der Waals surface area (Å²) in [6.45, 7) is 0. The van der Waals surface area contributed by atoms with Gasteiger partial charge < -0.3 is 5.73 Å². The number of hydrogen-bond acceptors (Lipinski definition) is 5. The van der Waals surface area contributed by atoms with Crippen molar-refractivity contribution in [2.45, 2.75) is 11.2 Å². The minimum atomic E-state index is -0.487. The Morgan fingerprint density at radius 3 is 2.59 bits per heavy atom. The number of hydrogen-bond donors (Lipinski definition) is 1. The van der Waals surface area contributed by atoms with E-state index in [9.17, 15) is 14.4 Å². The second kappa shape index (κ2) is 5.95. The molecule has 2 aromatic rings. The van der Waals surface area contributed by atoms with Crippen LogP contribution in [0.4, 0.5) is 4.39 Å². The van der Waals surface area contributed by atoms with Gasteiger partial charge in [0.05, 0.1) is 27.8 Å². The van der Waals surface area contributed by atoms with Crippen LogP contribution in [-0.4, -0.2) is 11.0 Å². The fourth-order valence-electron chi connectivity index (χ4n) is 2.44. The number of ketones is 1. The molecule has 0 amide bonds. The first kappa shape index (κ1) is 14.8. The predicted octanol–water partition coefficient (Wildman–Crippen LogP) is 3.66. The summed E-state index contributed by atoms with van der Waals surface area (Å²) >= 11 is 2.70. The number of allylic oxidation sites excluding steroid dienone is 1. The van der Waals surface area contributed by atoms with Crippen LogP contribution >= 0.6 is 23.1 Å². The summed E-state index contributed by atoms with van der Waals surface area (Å²) in [7, 11) is 0. The minimum Gasteiger partial charge on any atom is -0.393 e. The number of nitrogens with two attached hydrogens (primary N) is 1. The zero-order valence-electron chi connectivity index (χ0n) is 11.3. The average molecular weight is 330 g/mol. The predicted molar refractivity (Wildman–Crippen MR) is 86.0 cm³/mol. The molecule has 1 aromatic carbocycles. The maximum absolute atomic E-state index is 13.0. The molecule has 110 valence electrons. The van der Waals surface area contributed by atoms with E-state index < -0.39 is 5.25 Å². The van der Waals surface area contributed by atoms with E-state index in [1.54, 1.807) is 0 Å². The number of carbonyl (C=O) groups excluding carboxylic acids is 1. The number of thioether (sulfide) groups is 1. The molecule has 0 fully saturated rings. The minimum absolute atomic E-state index is 0.142. The summed E-state index contributed by atoms with van der Waals surface area (Å²) in [5, 5.41) is 11.2. The van der Waals surface area contributed by atoms with Gasteiger partial charge in [-0.3, -0.25) is 4.79 Å². The first-order chi connectivity index (χ1) is 10.6. The molecule has 2 atom stereocenters. The Hall–Kier alpha value is -2.10. The van der Waals surface area contributed by atoms with E-state index in [2.05, 4.69) is 6.07 Å². The Kier molecular flexibility index (Phi) is 4.01. The lowest BCUT2D eigenvalue weighted by atomic mass is 9.90. The summed E-state index contributed by atoms with van der Waals surface area (Å²) in [5.41, 5.74) is 6.79. The Morgan fingerprint density at radius 2 is 2.00 bits per heavy atom. The number of Topliss-reactive ketones (excluding diaryl/α,β-unsaturated/α-hetero) is 1. The van der Waals surface area contributed by atoms with Crippen molar-refractivity contribution in [3.63, 3.8) is 0 Å². The molecule has 0 bridgehead atoms. The number of thiophene rings is 1. The van der Waals surface area contributed by atoms with Crippen LogP contribution in [0, 0.1) is 17.1 Å². The van der Waals surface area contributed by atoms with Gasteiger partial charge in [0.1, 0.15) is 5.82 Å². The Morgan fingerprint density at radius 1 is 1.27 bits per heavy atom. The van der Waals surface area contributed by atoms with Crippen LogP contribution in [0.25, 0.3) is 0 Å². The van der Waals surface area contributed by atoms with Crippen molar-refractivity contribution in [3.8, 4) is 6.07 Å². The van der Waals surface area contributed by atoms with Gasteiger partial charge in [0, 0.05) is 10.4 Å². The molecule has 3 rings (SSSR count). The van der Waals surface area contributed by atoms with Crippen LogP contribution in [0.15, 0.2) is 52.4 Å². The van der Waals surface area contributed by atoms with Gasteiger partial charge in [0.15, 0.2) is 5.78 Å². The highest BCUT2D eigenvalue weighted by Crippen LogP contribution is 2.47. The van der Waals surface area contributed by atoms with Gasteiger partial charge in [0.25, 0.3) is 0 Å². The summed E-state index contributed by atoms with van der Waals surface area (Å²) in [6, 6.07) is 11.4. The standard InChI is InChI=1S/C16H11FN2OS2/c17-10-5-3-9(4-6-10)14(20)15-13(12-2-1-7-21-12)11(8-18)16(19)22-15/h1-7,13,15H,19H2/t13-,15+/m0/s1. The molecule has 0 saturated heterocycles. The number of nitrogens with zero attached hydrogens (tertiary/aromatic N) is 1. The smallest absolute Gasteiger partial charge is 0.177 e. The fraction of sp³-hybridized carbons (Fsp3) is 0.125. The van der Waals surface area contributed by atoms with Crippen LogP contribution in [0.2, 0.25) is 0 Å². The molecule has 2 heterocycles. The molecule has 1 aromatic heterocycles. The Labute approximate surface area is 135 Å². The van der Waals surface area contributed by atoms with Gasteiger partial charge in [-0.15, -0.1) is 11.3 Å². The van der Waals surface area contributed by atoms with E-state index in [1.807, 2.05) is 17.5 Å². The molecular weight excluding hydrogens is 319 g/mol. The maximum atomic E-state index is 13.0. The summed E-state index contributed by atoms with van der Waals surface area (Å²) in [4.78, 5) is 13.7. The molecule has 1 aliphatic rings.